The van der Waals surface area contributed by atoms with Gasteiger partial charge in [-0.25, -0.2) is 9.59 Å². The molecule has 0 saturated heterocycles. The van der Waals surface area contributed by atoms with Gasteiger partial charge in [-0.15, -0.1) is 0 Å². The molecule has 0 fully saturated rings. The van der Waals surface area contributed by atoms with E-state index in [-0.39, 0.29) is 30.1 Å². The molecule has 0 aliphatic carbocycles. The number of hydrogen-bond donors (Lipinski definition) is 4. The van der Waals surface area contributed by atoms with Crippen molar-refractivity contribution in [1.29, 1.82) is 0 Å². The van der Waals surface area contributed by atoms with Crippen LogP contribution < -0.4 is 15.4 Å². The first-order valence-electron chi connectivity index (χ1n) is 14.9. The number of carbonyl (C=O) groups excluding carboxylic acids is 2. The highest BCUT2D eigenvalue weighted by Gasteiger charge is 2.33. The van der Waals surface area contributed by atoms with Gasteiger partial charge in [-0.05, 0) is 61.3 Å². The molecule has 0 radical (unpaired) electrons. The molecule has 4 N–H and O–H groups in total. The van der Waals surface area contributed by atoms with Crippen LogP contribution in [0.15, 0.2) is 84.9 Å². The third kappa shape index (κ3) is 7.42. The van der Waals surface area contributed by atoms with Gasteiger partial charge in [-0.2, -0.15) is 0 Å². The molecular formula is C35H38N4O6. The minimum Gasteiger partial charge on any atom is -0.488 e. The highest BCUT2D eigenvalue weighted by atomic mass is 16.5. The third-order valence-corrected chi connectivity index (χ3v) is 8.11. The lowest BCUT2D eigenvalue weighted by atomic mass is 9.99. The Morgan fingerprint density at radius 3 is 2.49 bits per heavy atom. The monoisotopic (exact) mass is 610 g/mol. The van der Waals surface area contributed by atoms with E-state index >= 15 is 0 Å². The summed E-state index contributed by atoms with van der Waals surface area (Å²) in [5.74, 6) is -0.935. The number of ether oxygens (including phenoxy) is 1. The van der Waals surface area contributed by atoms with Gasteiger partial charge in [-0.3, -0.25) is 9.69 Å². The van der Waals surface area contributed by atoms with E-state index < -0.39 is 18.0 Å². The van der Waals surface area contributed by atoms with E-state index in [1.54, 1.807) is 54.3 Å². The zero-order chi connectivity index (χ0) is 32.1. The molecule has 5 rings (SSSR count). The molecule has 45 heavy (non-hydrogen) atoms. The highest BCUT2D eigenvalue weighted by molar-refractivity contribution is 6.07. The third-order valence-electron chi connectivity index (χ3n) is 8.11. The Kier molecular flexibility index (Phi) is 9.65. The summed E-state index contributed by atoms with van der Waals surface area (Å²) in [7, 11) is 1.96. The van der Waals surface area contributed by atoms with E-state index in [1.165, 1.54) is 0 Å². The summed E-state index contributed by atoms with van der Waals surface area (Å²) in [4.78, 5) is 41.8. The first kappa shape index (κ1) is 31.5. The Labute approximate surface area is 262 Å². The van der Waals surface area contributed by atoms with Crippen molar-refractivity contribution in [1.82, 2.24) is 9.80 Å². The number of nitrogens with one attached hydrogen (secondary N) is 2. The van der Waals surface area contributed by atoms with Crippen LogP contribution in [0.4, 0.5) is 16.2 Å². The largest absolute Gasteiger partial charge is 0.488 e. The van der Waals surface area contributed by atoms with Gasteiger partial charge in [0.15, 0.2) is 0 Å². The van der Waals surface area contributed by atoms with Gasteiger partial charge in [0.05, 0.1) is 29.5 Å². The van der Waals surface area contributed by atoms with Crippen molar-refractivity contribution >= 4 is 40.1 Å². The number of carbonyl (C=O) groups is 3. The Morgan fingerprint density at radius 1 is 1.02 bits per heavy atom. The quantitative estimate of drug-likeness (QED) is 0.196. The van der Waals surface area contributed by atoms with Crippen LogP contribution in [0, 0.1) is 5.92 Å². The highest BCUT2D eigenvalue weighted by Crippen LogP contribution is 2.31. The van der Waals surface area contributed by atoms with Crippen LogP contribution in [0.25, 0.3) is 10.8 Å². The molecule has 10 heteroatoms. The zero-order valence-electron chi connectivity index (χ0n) is 25.6. The van der Waals surface area contributed by atoms with Crippen LogP contribution in [0.2, 0.25) is 0 Å². The lowest BCUT2D eigenvalue weighted by molar-refractivity contribution is 0.0341. The lowest BCUT2D eigenvalue weighted by Crippen LogP contribution is -2.49. The molecule has 4 aromatic rings. The number of urea groups is 1. The summed E-state index contributed by atoms with van der Waals surface area (Å²) < 4.78 is 6.49. The van der Waals surface area contributed by atoms with Gasteiger partial charge in [-0.1, -0.05) is 55.5 Å². The molecule has 0 spiro atoms. The number of hydrogen-bond acceptors (Lipinski definition) is 6. The normalized spacial score (nSPS) is 17.2. The lowest BCUT2D eigenvalue weighted by Gasteiger charge is -2.38. The number of likely N-dealkylation sites (N-methyl/N-ethyl adjacent to an activating group) is 1. The molecule has 1 aliphatic heterocycles. The molecule has 0 unspecified atom stereocenters. The average molecular weight is 611 g/mol. The topological polar surface area (TPSA) is 131 Å². The molecule has 4 aromatic carbocycles. The minimum absolute atomic E-state index is 0.0720. The molecular weight excluding hydrogens is 572 g/mol. The van der Waals surface area contributed by atoms with Crippen molar-refractivity contribution in [2.75, 3.05) is 37.4 Å². The molecule has 0 bridgehead atoms. The smallest absolute Gasteiger partial charge is 0.335 e. The zero-order valence-corrected chi connectivity index (χ0v) is 25.6. The molecule has 0 saturated carbocycles. The van der Waals surface area contributed by atoms with Crippen LogP contribution >= 0.6 is 0 Å². The fourth-order valence-electron chi connectivity index (χ4n) is 5.57. The summed E-state index contributed by atoms with van der Waals surface area (Å²) in [6.45, 7) is 5.09. The number of benzene rings is 4. The minimum atomic E-state index is -0.967. The van der Waals surface area contributed by atoms with Crippen LogP contribution in [-0.2, 0) is 6.54 Å². The van der Waals surface area contributed by atoms with Gasteiger partial charge >= 0.3 is 12.0 Å². The fraction of sp³-hybridized carbons (Fsp3) is 0.286. The maximum Gasteiger partial charge on any atom is 0.335 e. The van der Waals surface area contributed by atoms with Crippen LogP contribution in [0.3, 0.4) is 0 Å². The number of aliphatic hydroxyl groups is 1. The van der Waals surface area contributed by atoms with Crippen molar-refractivity contribution in [3.63, 3.8) is 0 Å². The summed E-state index contributed by atoms with van der Waals surface area (Å²) >= 11 is 0. The molecule has 234 valence electrons. The average Bonchev–Trinajstić information content (AvgIpc) is 3.03. The van der Waals surface area contributed by atoms with Crippen molar-refractivity contribution < 1.29 is 29.3 Å². The first-order chi connectivity index (χ1) is 21.6. The SMILES string of the molecule is C[C@@H]1CN([C@H](C)CO)C(=O)c2cc(NC(=O)Nc3cccc4ccccc34)ccc2O[C@H]1CN(C)Cc1ccc(C(=O)O)cc1. The maximum absolute atomic E-state index is 13.8. The van der Waals surface area contributed by atoms with Crippen LogP contribution in [0.5, 0.6) is 5.75 Å². The fourth-order valence-corrected chi connectivity index (χ4v) is 5.57. The maximum atomic E-state index is 13.8. The van der Waals surface area contributed by atoms with Crippen molar-refractivity contribution in [2.45, 2.75) is 32.5 Å². The second-order valence-corrected chi connectivity index (χ2v) is 11.6. The van der Waals surface area contributed by atoms with Gasteiger partial charge in [0.1, 0.15) is 11.9 Å². The Bertz CT molecular complexity index is 1690. The van der Waals surface area contributed by atoms with Crippen LogP contribution in [0.1, 0.15) is 40.1 Å². The number of fused-ring (bicyclic) bond motifs is 2. The van der Waals surface area contributed by atoms with Gasteiger partial charge in [0.2, 0.25) is 0 Å². The predicted molar refractivity (Wildman–Crippen MR) is 174 cm³/mol. The number of amides is 3. The molecule has 0 aromatic heterocycles. The van der Waals surface area contributed by atoms with Crippen molar-refractivity contribution in [2.24, 2.45) is 5.92 Å². The molecule has 3 amide bonds. The molecule has 3 atom stereocenters. The van der Waals surface area contributed by atoms with E-state index in [4.69, 9.17) is 4.74 Å². The summed E-state index contributed by atoms with van der Waals surface area (Å²) in [5, 5.41) is 26.8. The Hall–Kier alpha value is -4.93. The van der Waals surface area contributed by atoms with E-state index in [9.17, 15) is 24.6 Å². The summed E-state index contributed by atoms with van der Waals surface area (Å²) in [6.07, 6.45) is -0.304. The second kappa shape index (κ2) is 13.8. The standard InChI is InChI=1S/C35H38N4O6/c1-22-18-39(23(2)21-40)33(41)29-17-27(36-35(44)37-30-10-6-8-25-7-4-5-9-28(25)30)15-16-31(29)45-32(22)20-38(3)19-24-11-13-26(14-12-24)34(42)43/h4-17,22-23,32,40H,18-21H2,1-3H3,(H,42,43)(H2,36,37,44)/t22-,23-,32+/m1/s1. The molecule has 1 aliphatic rings. The van der Waals surface area contributed by atoms with Gasteiger partial charge < -0.3 is 30.5 Å². The number of aliphatic hydroxyl groups excluding tert-OH is 1. The van der Waals surface area contributed by atoms with Gasteiger partial charge in [0, 0.05) is 36.6 Å². The van der Waals surface area contributed by atoms with Crippen molar-refractivity contribution in [3.8, 4) is 5.75 Å². The Balaban J connectivity index is 1.35. The number of nitrogens with zero attached hydrogens (tertiary/aromatic N) is 2. The number of anilines is 2. The summed E-state index contributed by atoms with van der Waals surface area (Å²) in [5.41, 5.74) is 2.58. The van der Waals surface area contributed by atoms with Crippen LogP contribution in [-0.4, -0.2) is 76.8 Å². The Morgan fingerprint density at radius 2 is 1.76 bits per heavy atom. The van der Waals surface area contributed by atoms with Gasteiger partial charge in [0.25, 0.3) is 5.91 Å². The molecule has 10 nitrogen and oxygen atoms in total. The van der Waals surface area contributed by atoms with E-state index in [0.717, 1.165) is 16.3 Å². The predicted octanol–water partition coefficient (Wildman–Crippen LogP) is 5.53. The van der Waals surface area contributed by atoms with Crippen molar-refractivity contribution in [3.05, 3.63) is 102 Å². The van der Waals surface area contributed by atoms with E-state index in [0.29, 0.717) is 42.3 Å². The van der Waals surface area contributed by atoms with E-state index in [1.807, 2.05) is 56.4 Å². The first-order valence-corrected chi connectivity index (χ1v) is 14.9. The number of aromatic carboxylic acids is 1. The summed E-state index contributed by atoms with van der Waals surface area (Å²) in [6, 6.07) is 24.3. The number of carboxylic acids is 1. The number of carboxylic acid groups (broad SMARTS) is 1. The second-order valence-electron chi connectivity index (χ2n) is 11.6. The number of rotatable bonds is 9. The molecule has 1 heterocycles. The van der Waals surface area contributed by atoms with E-state index in [2.05, 4.69) is 15.5 Å².